The van der Waals surface area contributed by atoms with Gasteiger partial charge in [-0.05, 0) is 31.0 Å². The molecule has 7 nitrogen and oxygen atoms in total. The second-order valence-electron chi connectivity index (χ2n) is 6.18. The highest BCUT2D eigenvalue weighted by atomic mass is 32.2. The van der Waals surface area contributed by atoms with Crippen molar-refractivity contribution in [1.29, 1.82) is 0 Å². The molecule has 1 aliphatic rings. The first-order valence-corrected chi connectivity index (χ1v) is 10.7. The van der Waals surface area contributed by atoms with E-state index in [0.717, 1.165) is 24.2 Å². The normalized spacial score (nSPS) is 15.8. The van der Waals surface area contributed by atoms with Gasteiger partial charge in [0.15, 0.2) is 14.6 Å². The third kappa shape index (κ3) is 4.18. The Morgan fingerprint density at radius 1 is 1.23 bits per heavy atom. The van der Waals surface area contributed by atoms with E-state index in [-0.39, 0.29) is 4.80 Å². The van der Waals surface area contributed by atoms with E-state index in [1.807, 2.05) is 0 Å². The Bertz CT molecular complexity index is 1030. The zero-order valence-electron chi connectivity index (χ0n) is 14.1. The van der Waals surface area contributed by atoms with Gasteiger partial charge in [0.1, 0.15) is 17.3 Å². The van der Waals surface area contributed by atoms with Crippen LogP contribution in [0.15, 0.2) is 23.2 Å². The SMILES string of the molecule is Cn1c(=NC(=O)CS(=O)(=O)CC(=O)N2CCCC2)sc2cc(F)ccc21. The third-order valence-corrected chi connectivity index (χ3v) is 6.61. The minimum absolute atomic E-state index is 0.275. The number of hydrogen-bond acceptors (Lipinski definition) is 5. The van der Waals surface area contributed by atoms with Crippen LogP contribution in [0.25, 0.3) is 10.2 Å². The predicted octanol–water partition coefficient (Wildman–Crippen LogP) is 0.843. The van der Waals surface area contributed by atoms with Crippen molar-refractivity contribution in [2.75, 3.05) is 24.6 Å². The van der Waals surface area contributed by atoms with Crippen LogP contribution in [0.5, 0.6) is 0 Å². The molecule has 1 saturated heterocycles. The minimum Gasteiger partial charge on any atom is -0.342 e. The van der Waals surface area contributed by atoms with Crippen LogP contribution in [0, 0.1) is 5.82 Å². The van der Waals surface area contributed by atoms with Crippen molar-refractivity contribution in [2.45, 2.75) is 12.8 Å². The maximum absolute atomic E-state index is 13.3. The molecule has 0 saturated carbocycles. The molecular formula is C16H18FN3O4S2. The molecule has 0 radical (unpaired) electrons. The highest BCUT2D eigenvalue weighted by Crippen LogP contribution is 2.17. The van der Waals surface area contributed by atoms with E-state index in [1.54, 1.807) is 17.7 Å². The number of nitrogens with zero attached hydrogens (tertiary/aromatic N) is 3. The average molecular weight is 399 g/mol. The fourth-order valence-corrected chi connectivity index (χ4v) is 5.00. The van der Waals surface area contributed by atoms with E-state index in [0.29, 0.717) is 23.3 Å². The number of rotatable bonds is 4. The number of hydrogen-bond donors (Lipinski definition) is 0. The lowest BCUT2D eigenvalue weighted by molar-refractivity contribution is -0.127. The molecule has 0 aliphatic carbocycles. The van der Waals surface area contributed by atoms with Crippen molar-refractivity contribution in [3.63, 3.8) is 0 Å². The van der Waals surface area contributed by atoms with Crippen LogP contribution in [-0.4, -0.2) is 54.3 Å². The predicted molar refractivity (Wildman–Crippen MR) is 95.8 cm³/mol. The molecule has 2 aromatic rings. The Hall–Kier alpha value is -2.07. The number of halogens is 1. The molecule has 3 rings (SSSR count). The number of sulfone groups is 1. The number of amides is 2. The number of carbonyl (C=O) groups is 2. The van der Waals surface area contributed by atoms with E-state index in [4.69, 9.17) is 0 Å². The molecule has 26 heavy (non-hydrogen) atoms. The Balaban J connectivity index is 1.76. The van der Waals surface area contributed by atoms with Gasteiger partial charge >= 0.3 is 0 Å². The van der Waals surface area contributed by atoms with Gasteiger partial charge in [0.25, 0.3) is 5.91 Å². The van der Waals surface area contributed by atoms with Crippen LogP contribution in [0.1, 0.15) is 12.8 Å². The zero-order chi connectivity index (χ0) is 18.9. The van der Waals surface area contributed by atoms with Crippen LogP contribution in [0.4, 0.5) is 4.39 Å². The third-order valence-electron chi connectivity index (χ3n) is 4.14. The fourth-order valence-electron chi connectivity index (χ4n) is 2.84. The summed E-state index contributed by atoms with van der Waals surface area (Å²) >= 11 is 1.09. The second-order valence-corrected chi connectivity index (χ2v) is 9.25. The number of benzene rings is 1. The van der Waals surface area contributed by atoms with Crippen molar-refractivity contribution in [3.8, 4) is 0 Å². The molecular weight excluding hydrogens is 381 g/mol. The zero-order valence-corrected chi connectivity index (χ0v) is 15.8. The van der Waals surface area contributed by atoms with Gasteiger partial charge in [0.2, 0.25) is 5.91 Å². The summed E-state index contributed by atoms with van der Waals surface area (Å²) in [7, 11) is -2.23. The van der Waals surface area contributed by atoms with Crippen LogP contribution in [0.2, 0.25) is 0 Å². The van der Waals surface area contributed by atoms with E-state index in [2.05, 4.69) is 4.99 Å². The number of aromatic nitrogens is 1. The van der Waals surface area contributed by atoms with Gasteiger partial charge in [-0.3, -0.25) is 9.59 Å². The minimum atomic E-state index is -3.89. The summed E-state index contributed by atoms with van der Waals surface area (Å²) in [5.74, 6) is -3.23. The number of aryl methyl sites for hydroxylation is 1. The van der Waals surface area contributed by atoms with Gasteiger partial charge in [-0.15, -0.1) is 0 Å². The van der Waals surface area contributed by atoms with Gasteiger partial charge in [0.05, 0.1) is 10.2 Å². The molecule has 0 N–H and O–H groups in total. The summed E-state index contributed by atoms with van der Waals surface area (Å²) in [4.78, 5) is 29.7. The molecule has 0 atom stereocenters. The highest BCUT2D eigenvalue weighted by Gasteiger charge is 2.26. The van der Waals surface area contributed by atoms with Crippen molar-refractivity contribution >= 4 is 43.2 Å². The average Bonchev–Trinajstić information content (AvgIpc) is 3.15. The van der Waals surface area contributed by atoms with Crippen molar-refractivity contribution in [1.82, 2.24) is 9.47 Å². The maximum Gasteiger partial charge on any atom is 0.263 e. The number of likely N-dealkylation sites (tertiary alicyclic amines) is 1. The first-order chi connectivity index (χ1) is 12.2. The number of carbonyl (C=O) groups excluding carboxylic acids is 2. The topological polar surface area (TPSA) is 88.8 Å². The Morgan fingerprint density at radius 2 is 1.92 bits per heavy atom. The molecule has 0 bridgehead atoms. The molecule has 0 unspecified atom stereocenters. The largest absolute Gasteiger partial charge is 0.342 e. The van der Waals surface area contributed by atoms with Gasteiger partial charge in [-0.25, -0.2) is 12.8 Å². The maximum atomic E-state index is 13.3. The van der Waals surface area contributed by atoms with Gasteiger partial charge in [0, 0.05) is 20.1 Å². The van der Waals surface area contributed by atoms with Crippen LogP contribution in [-0.2, 0) is 26.5 Å². The summed E-state index contributed by atoms with van der Waals surface area (Å²) < 4.78 is 39.7. The first-order valence-electron chi connectivity index (χ1n) is 8.06. The van der Waals surface area contributed by atoms with E-state index in [1.165, 1.54) is 17.0 Å². The Morgan fingerprint density at radius 3 is 2.62 bits per heavy atom. The van der Waals surface area contributed by atoms with Crippen molar-refractivity contribution in [2.24, 2.45) is 12.0 Å². The van der Waals surface area contributed by atoms with Crippen molar-refractivity contribution in [3.05, 3.63) is 28.8 Å². The highest BCUT2D eigenvalue weighted by molar-refractivity contribution is 7.92. The first kappa shape index (κ1) is 18.7. The molecule has 1 fully saturated rings. The molecule has 0 spiro atoms. The Labute approximate surface area is 153 Å². The number of fused-ring (bicyclic) bond motifs is 1. The van der Waals surface area contributed by atoms with Crippen LogP contribution >= 0.6 is 11.3 Å². The van der Waals surface area contributed by atoms with Crippen LogP contribution < -0.4 is 4.80 Å². The fraction of sp³-hybridized carbons (Fsp3) is 0.438. The summed E-state index contributed by atoms with van der Waals surface area (Å²) in [6.07, 6.45) is 1.73. The summed E-state index contributed by atoms with van der Waals surface area (Å²) in [6.45, 7) is 1.11. The molecule has 140 valence electrons. The second kappa shape index (κ2) is 7.28. The standard InChI is InChI=1S/C16H18FN3O4S2/c1-19-12-5-4-11(17)8-13(12)25-16(19)18-14(21)9-26(23,24)10-15(22)20-6-2-3-7-20/h4-5,8H,2-3,6-7,9-10H2,1H3. The molecule has 2 heterocycles. The van der Waals surface area contributed by atoms with Gasteiger partial charge < -0.3 is 9.47 Å². The van der Waals surface area contributed by atoms with E-state index < -0.39 is 39.0 Å². The molecule has 2 amide bonds. The monoisotopic (exact) mass is 399 g/mol. The molecule has 10 heteroatoms. The quantitative estimate of drug-likeness (QED) is 0.762. The van der Waals surface area contributed by atoms with E-state index in [9.17, 15) is 22.4 Å². The lowest BCUT2D eigenvalue weighted by Gasteiger charge is -2.14. The molecule has 1 aromatic carbocycles. The smallest absolute Gasteiger partial charge is 0.263 e. The lowest BCUT2D eigenvalue weighted by atomic mass is 10.3. The summed E-state index contributed by atoms with van der Waals surface area (Å²) in [6, 6.07) is 4.19. The van der Waals surface area contributed by atoms with Gasteiger partial charge in [-0.1, -0.05) is 11.3 Å². The van der Waals surface area contributed by atoms with Gasteiger partial charge in [-0.2, -0.15) is 4.99 Å². The number of thiazole rings is 1. The summed E-state index contributed by atoms with van der Waals surface area (Å²) in [5.41, 5.74) is 0.690. The summed E-state index contributed by atoms with van der Waals surface area (Å²) in [5, 5.41) is 0. The molecule has 1 aromatic heterocycles. The van der Waals surface area contributed by atoms with E-state index >= 15 is 0 Å². The van der Waals surface area contributed by atoms with Crippen molar-refractivity contribution < 1.29 is 22.4 Å². The molecule has 1 aliphatic heterocycles. The van der Waals surface area contributed by atoms with Crippen LogP contribution in [0.3, 0.4) is 0 Å². The Kier molecular flexibility index (Phi) is 5.24. The lowest BCUT2D eigenvalue weighted by Crippen LogP contribution is -2.35.